The van der Waals surface area contributed by atoms with Crippen LogP contribution in [-0.2, 0) is 20.2 Å². The van der Waals surface area contributed by atoms with Gasteiger partial charge in [-0.15, -0.1) is 0 Å². The van der Waals surface area contributed by atoms with Crippen LogP contribution in [0.25, 0.3) is 0 Å². The van der Waals surface area contributed by atoms with Crippen LogP contribution in [0.3, 0.4) is 0 Å². The van der Waals surface area contributed by atoms with E-state index < -0.39 is 31.2 Å². The van der Waals surface area contributed by atoms with E-state index in [4.69, 9.17) is 0 Å². The molecule has 0 N–H and O–H groups in total. The van der Waals surface area contributed by atoms with Crippen molar-refractivity contribution in [3.8, 4) is 0 Å². The van der Waals surface area contributed by atoms with Crippen molar-refractivity contribution in [3.05, 3.63) is 0 Å². The van der Waals surface area contributed by atoms with Crippen molar-refractivity contribution < 1.29 is 129 Å². The molecule has 0 saturated heterocycles. The molecule has 6 nitrogen and oxygen atoms in total. The van der Waals surface area contributed by atoms with Gasteiger partial charge in [0.15, 0.2) is 0 Å². The van der Waals surface area contributed by atoms with E-state index in [1.165, 1.54) is 0 Å². The number of rotatable bonds is 3. The Morgan fingerprint density at radius 2 is 1.38 bits per heavy atom. The molecule has 0 aromatic rings. The zero-order chi connectivity index (χ0) is 9.28. The third kappa shape index (κ3) is 13.0. The van der Waals surface area contributed by atoms with Crippen molar-refractivity contribution in [3.63, 3.8) is 0 Å². The molecule has 0 fully saturated rings. The van der Waals surface area contributed by atoms with Crippen molar-refractivity contribution in [2.75, 3.05) is 5.75 Å². The summed E-state index contributed by atoms with van der Waals surface area (Å²) in [4.78, 5) is 0. The van der Waals surface area contributed by atoms with Crippen molar-refractivity contribution >= 4 is 20.2 Å². The molecule has 68 valence electrons. The molecule has 0 saturated carbocycles. The molecule has 0 spiro atoms. The van der Waals surface area contributed by atoms with Gasteiger partial charge >= 0.3 is 103 Å². The summed E-state index contributed by atoms with van der Waals surface area (Å²) in [5.74, 6) is -1.17. The number of hydrogen-bond acceptors (Lipinski definition) is 6. The second-order valence-electron chi connectivity index (χ2n) is 2.03. The smallest absolute Gasteiger partial charge is 0.748 e. The molecule has 0 heterocycles. The second-order valence-corrected chi connectivity index (χ2v) is 5.27. The summed E-state index contributed by atoms with van der Waals surface area (Å²) in [5, 5.41) is -1.68. The molecule has 0 aliphatic heterocycles. The van der Waals surface area contributed by atoms with E-state index in [-0.39, 0.29) is 103 Å². The molecule has 0 aromatic heterocycles. The largest absolute Gasteiger partial charge is 1.00 e. The van der Waals surface area contributed by atoms with Gasteiger partial charge < -0.3 is 9.11 Å². The van der Waals surface area contributed by atoms with E-state index in [0.29, 0.717) is 0 Å². The average molecular weight is 280 g/mol. The summed E-state index contributed by atoms with van der Waals surface area (Å²) < 4.78 is 59.9. The topological polar surface area (TPSA) is 114 Å². The van der Waals surface area contributed by atoms with Crippen LogP contribution in [-0.4, -0.2) is 36.9 Å². The Morgan fingerprint density at radius 3 is 1.46 bits per heavy atom. The van der Waals surface area contributed by atoms with Gasteiger partial charge in [-0.3, -0.25) is 0 Å². The van der Waals surface area contributed by atoms with Crippen LogP contribution in [0, 0.1) is 0 Å². The van der Waals surface area contributed by atoms with Gasteiger partial charge in [-0.1, -0.05) is 0 Å². The average Bonchev–Trinajstić information content (AvgIpc) is 1.56. The molecule has 0 radical (unpaired) electrons. The van der Waals surface area contributed by atoms with Crippen LogP contribution < -0.4 is 103 Å². The van der Waals surface area contributed by atoms with Crippen LogP contribution in [0.4, 0.5) is 0 Å². The Labute approximate surface area is 163 Å². The molecular formula is C3H6K2O6S2. The monoisotopic (exact) mass is 280 g/mol. The number of hydrogen-bond donors (Lipinski definition) is 0. The maximum atomic E-state index is 10.1. The molecule has 0 aliphatic carbocycles. The summed E-state index contributed by atoms with van der Waals surface area (Å²) in [7, 11) is -9.30. The maximum Gasteiger partial charge on any atom is 1.00 e. The van der Waals surface area contributed by atoms with Crippen LogP contribution in [0.2, 0.25) is 0 Å². The quantitative estimate of drug-likeness (QED) is 0.375. The summed E-state index contributed by atoms with van der Waals surface area (Å²) in [6.07, 6.45) is 0. The zero-order valence-electron chi connectivity index (χ0n) is 7.55. The Bertz CT molecular complexity index is 318. The fraction of sp³-hybridized carbons (Fsp3) is 1.00. The summed E-state index contributed by atoms with van der Waals surface area (Å²) in [5.41, 5.74) is 0. The van der Waals surface area contributed by atoms with Crippen molar-refractivity contribution in [2.24, 2.45) is 0 Å². The van der Waals surface area contributed by atoms with Crippen LogP contribution in [0.1, 0.15) is 6.92 Å². The normalized spacial score (nSPS) is 13.8. The second kappa shape index (κ2) is 8.22. The minimum atomic E-state index is -4.67. The first kappa shape index (κ1) is 21.4. The molecule has 13 heavy (non-hydrogen) atoms. The maximum absolute atomic E-state index is 10.1. The third-order valence-electron chi connectivity index (χ3n) is 0.932. The zero-order valence-corrected chi connectivity index (χ0v) is 15.4. The third-order valence-corrected chi connectivity index (χ3v) is 3.20. The van der Waals surface area contributed by atoms with Gasteiger partial charge in [-0.2, -0.15) is 0 Å². The van der Waals surface area contributed by atoms with Crippen molar-refractivity contribution in [1.82, 2.24) is 0 Å². The van der Waals surface area contributed by atoms with E-state index >= 15 is 0 Å². The first-order chi connectivity index (χ1) is 4.63. The first-order valence-electron chi connectivity index (χ1n) is 2.51. The molecule has 0 aromatic carbocycles. The van der Waals surface area contributed by atoms with E-state index in [1.807, 2.05) is 0 Å². The predicted octanol–water partition coefficient (Wildman–Crippen LogP) is -7.53. The van der Waals surface area contributed by atoms with E-state index in [1.54, 1.807) is 0 Å². The van der Waals surface area contributed by atoms with Gasteiger partial charge in [0.2, 0.25) is 0 Å². The Kier molecular flexibility index (Phi) is 13.5. The van der Waals surface area contributed by atoms with Crippen molar-refractivity contribution in [1.29, 1.82) is 0 Å². The van der Waals surface area contributed by atoms with Gasteiger partial charge in [-0.05, 0) is 6.92 Å². The van der Waals surface area contributed by atoms with E-state index in [9.17, 15) is 25.9 Å². The molecule has 0 amide bonds. The standard InChI is InChI=1S/C3H8O6S2.2K/c1-3(11(7,8)9)2-10(4,5)6;;/h3H,2H2,1H3,(H,4,5,6)(H,7,8,9);;/q;2*+1/p-2. The van der Waals surface area contributed by atoms with E-state index in [0.717, 1.165) is 6.92 Å². The van der Waals surface area contributed by atoms with Crippen LogP contribution in [0.15, 0.2) is 0 Å². The van der Waals surface area contributed by atoms with Crippen molar-refractivity contribution in [2.45, 2.75) is 12.2 Å². The van der Waals surface area contributed by atoms with E-state index in [2.05, 4.69) is 0 Å². The van der Waals surface area contributed by atoms with Crippen LogP contribution in [0.5, 0.6) is 0 Å². The SMILES string of the molecule is CC(CS(=O)(=O)[O-])S(=O)(=O)[O-].[K+].[K+]. The molecular weight excluding hydrogens is 274 g/mol. The Balaban J connectivity index is -0.000000500. The summed E-state index contributed by atoms with van der Waals surface area (Å²) >= 11 is 0. The minimum absolute atomic E-state index is 0. The van der Waals surface area contributed by atoms with Gasteiger partial charge in [0, 0.05) is 0 Å². The molecule has 10 heteroatoms. The minimum Gasteiger partial charge on any atom is -0.748 e. The van der Waals surface area contributed by atoms with Gasteiger partial charge in [-0.25, -0.2) is 16.8 Å². The summed E-state index contributed by atoms with van der Waals surface area (Å²) in [6.45, 7) is 0.873. The Hall–Kier alpha value is 3.09. The fourth-order valence-corrected chi connectivity index (χ4v) is 2.11. The molecule has 1 unspecified atom stereocenters. The fourth-order valence-electron chi connectivity index (χ4n) is 0.371. The van der Waals surface area contributed by atoms with Gasteiger partial charge in [0.05, 0.1) is 31.2 Å². The predicted molar refractivity (Wildman–Crippen MR) is 33.7 cm³/mol. The Morgan fingerprint density at radius 1 is 1.08 bits per heavy atom. The van der Waals surface area contributed by atoms with Gasteiger partial charge in [0.25, 0.3) is 0 Å². The molecule has 1 atom stereocenters. The first-order valence-corrected chi connectivity index (χ1v) is 5.56. The molecule has 0 bridgehead atoms. The van der Waals surface area contributed by atoms with Crippen LogP contribution >= 0.6 is 0 Å². The van der Waals surface area contributed by atoms with Gasteiger partial charge in [0.1, 0.15) is 0 Å². The summed E-state index contributed by atoms with van der Waals surface area (Å²) in [6, 6.07) is 0. The molecule has 0 aliphatic rings. The molecule has 0 rings (SSSR count).